The first kappa shape index (κ1) is 15.2. The van der Waals surface area contributed by atoms with E-state index < -0.39 is 0 Å². The summed E-state index contributed by atoms with van der Waals surface area (Å²) >= 11 is 1.97. The van der Waals surface area contributed by atoms with Crippen LogP contribution in [0.5, 0.6) is 0 Å². The summed E-state index contributed by atoms with van der Waals surface area (Å²) in [6, 6.07) is 11.5. The highest BCUT2D eigenvalue weighted by Crippen LogP contribution is 2.44. The van der Waals surface area contributed by atoms with Gasteiger partial charge in [-0.1, -0.05) is 36.8 Å². The predicted octanol–water partition coefficient (Wildman–Crippen LogP) is 5.33. The maximum Gasteiger partial charge on any atom is 0.0158 e. The molecule has 2 aliphatic rings. The Labute approximate surface area is 143 Å². The fraction of sp³-hybridized carbons (Fsp3) is 0.429. The maximum absolute atomic E-state index is 2.45. The average Bonchev–Trinajstić information content (AvgIpc) is 3.00. The molecule has 0 saturated carbocycles. The van der Waals surface area contributed by atoms with Crippen LogP contribution in [0.2, 0.25) is 0 Å². The van der Waals surface area contributed by atoms with Gasteiger partial charge in [-0.15, -0.1) is 11.3 Å². The van der Waals surface area contributed by atoms with Crippen molar-refractivity contribution in [3.63, 3.8) is 0 Å². The smallest absolute Gasteiger partial charge is 0.0158 e. The van der Waals surface area contributed by atoms with E-state index in [0.29, 0.717) is 5.92 Å². The van der Waals surface area contributed by atoms with E-state index >= 15 is 0 Å². The number of thiophene rings is 1. The average molecular weight is 324 g/mol. The summed E-state index contributed by atoms with van der Waals surface area (Å²) in [5.74, 6) is 0.676. The highest BCUT2D eigenvalue weighted by atomic mass is 32.1. The first-order valence-electron chi connectivity index (χ1n) is 8.84. The molecule has 2 aromatic rings. The van der Waals surface area contributed by atoms with E-state index in [9.17, 15) is 0 Å². The molecule has 1 aromatic carbocycles. The molecule has 0 N–H and O–H groups in total. The molecule has 2 heteroatoms. The maximum atomic E-state index is 2.45. The molecule has 0 radical (unpaired) electrons. The van der Waals surface area contributed by atoms with Crippen LogP contribution in [0.25, 0.3) is 5.57 Å². The quantitative estimate of drug-likeness (QED) is 0.686. The van der Waals surface area contributed by atoms with E-state index in [0.717, 1.165) is 0 Å². The molecular weight excluding hydrogens is 298 g/mol. The van der Waals surface area contributed by atoms with Gasteiger partial charge in [-0.3, -0.25) is 0 Å². The minimum Gasteiger partial charge on any atom is -0.306 e. The van der Waals surface area contributed by atoms with Gasteiger partial charge in [-0.25, -0.2) is 0 Å². The third-order valence-electron chi connectivity index (χ3n) is 5.53. The summed E-state index contributed by atoms with van der Waals surface area (Å²) in [7, 11) is 2.24. The van der Waals surface area contributed by atoms with Crippen molar-refractivity contribution < 1.29 is 0 Å². The fourth-order valence-corrected chi connectivity index (χ4v) is 5.23. The van der Waals surface area contributed by atoms with Crippen LogP contribution < -0.4 is 0 Å². The van der Waals surface area contributed by atoms with E-state index in [-0.39, 0.29) is 0 Å². The van der Waals surface area contributed by atoms with Gasteiger partial charge in [-0.2, -0.15) is 0 Å². The topological polar surface area (TPSA) is 3.24 Å². The van der Waals surface area contributed by atoms with Crippen LogP contribution in [0.1, 0.15) is 53.7 Å². The summed E-state index contributed by atoms with van der Waals surface area (Å²) in [6.45, 7) is 4.72. The third kappa shape index (κ3) is 2.68. The molecule has 0 spiro atoms. The van der Waals surface area contributed by atoms with Gasteiger partial charge in [0.2, 0.25) is 0 Å². The van der Waals surface area contributed by atoms with Crippen LogP contribution in [0, 0.1) is 0 Å². The first-order chi connectivity index (χ1) is 11.3. The van der Waals surface area contributed by atoms with Gasteiger partial charge in [0.05, 0.1) is 0 Å². The summed E-state index contributed by atoms with van der Waals surface area (Å²) in [5.41, 5.74) is 7.83. The van der Waals surface area contributed by atoms with Crippen molar-refractivity contribution in [2.45, 2.75) is 38.5 Å². The van der Waals surface area contributed by atoms with Crippen LogP contribution in [0.15, 0.2) is 41.3 Å². The van der Waals surface area contributed by atoms with E-state index in [1.807, 2.05) is 11.3 Å². The van der Waals surface area contributed by atoms with Gasteiger partial charge in [0.15, 0.2) is 0 Å². The molecule has 0 bridgehead atoms. The Balaban J connectivity index is 1.93. The molecule has 4 rings (SSSR count). The molecule has 1 aliphatic heterocycles. The highest BCUT2D eigenvalue weighted by molar-refractivity contribution is 7.10. The number of hydrogen-bond acceptors (Lipinski definition) is 2. The van der Waals surface area contributed by atoms with Crippen molar-refractivity contribution in [3.05, 3.63) is 62.9 Å². The molecule has 1 aromatic heterocycles. The SMILES string of the molecule is CCC1Cc2ccccc2C(=C2CCN(C)CC2)c2ccsc21. The molecule has 1 atom stereocenters. The molecule has 1 nitrogen and oxygen atoms in total. The number of likely N-dealkylation sites (tertiary alicyclic amines) is 1. The second-order valence-corrected chi connectivity index (χ2v) is 7.89. The monoisotopic (exact) mass is 323 g/mol. The van der Waals surface area contributed by atoms with Gasteiger partial charge in [0.1, 0.15) is 0 Å². The molecule has 1 fully saturated rings. The zero-order valence-corrected chi connectivity index (χ0v) is 15.0. The van der Waals surface area contributed by atoms with Crippen LogP contribution >= 0.6 is 11.3 Å². The Morgan fingerprint density at radius 1 is 1.09 bits per heavy atom. The highest BCUT2D eigenvalue weighted by Gasteiger charge is 2.27. The van der Waals surface area contributed by atoms with Gasteiger partial charge >= 0.3 is 0 Å². The second kappa shape index (κ2) is 6.26. The lowest BCUT2D eigenvalue weighted by molar-refractivity contribution is 0.313. The minimum absolute atomic E-state index is 0.676. The van der Waals surface area contributed by atoms with E-state index in [1.54, 1.807) is 21.6 Å². The van der Waals surface area contributed by atoms with Gasteiger partial charge < -0.3 is 4.90 Å². The molecule has 23 heavy (non-hydrogen) atoms. The number of benzene rings is 1. The van der Waals surface area contributed by atoms with Gasteiger partial charge in [-0.05, 0) is 72.4 Å². The molecule has 1 saturated heterocycles. The molecule has 0 amide bonds. The van der Waals surface area contributed by atoms with E-state index in [2.05, 4.69) is 54.6 Å². The zero-order chi connectivity index (χ0) is 15.8. The van der Waals surface area contributed by atoms with Crippen LogP contribution in [0.4, 0.5) is 0 Å². The molecule has 1 aliphatic carbocycles. The van der Waals surface area contributed by atoms with Crippen molar-refractivity contribution in [3.8, 4) is 0 Å². The Hall–Kier alpha value is -1.38. The van der Waals surface area contributed by atoms with Crippen LogP contribution in [-0.4, -0.2) is 25.0 Å². The van der Waals surface area contributed by atoms with E-state index in [4.69, 9.17) is 0 Å². The Morgan fingerprint density at radius 3 is 2.65 bits per heavy atom. The fourth-order valence-electron chi connectivity index (χ4n) is 4.14. The number of nitrogens with zero attached hydrogens (tertiary/aromatic N) is 1. The summed E-state index contributed by atoms with van der Waals surface area (Å²) in [6.07, 6.45) is 4.85. The lowest BCUT2D eigenvalue weighted by atomic mass is 9.88. The number of piperidine rings is 1. The second-order valence-electron chi connectivity index (χ2n) is 6.95. The first-order valence-corrected chi connectivity index (χ1v) is 9.72. The Morgan fingerprint density at radius 2 is 1.87 bits per heavy atom. The van der Waals surface area contributed by atoms with Crippen molar-refractivity contribution in [2.24, 2.45) is 0 Å². The Bertz CT molecular complexity index is 730. The largest absolute Gasteiger partial charge is 0.306 e. The van der Waals surface area contributed by atoms with Gasteiger partial charge in [0.25, 0.3) is 0 Å². The van der Waals surface area contributed by atoms with Gasteiger partial charge in [0, 0.05) is 18.0 Å². The lowest BCUT2D eigenvalue weighted by Gasteiger charge is -2.27. The lowest BCUT2D eigenvalue weighted by Crippen LogP contribution is -2.27. The number of rotatable bonds is 1. The predicted molar refractivity (Wildman–Crippen MR) is 100 cm³/mol. The van der Waals surface area contributed by atoms with Crippen molar-refractivity contribution in [1.29, 1.82) is 0 Å². The summed E-state index contributed by atoms with van der Waals surface area (Å²) < 4.78 is 0. The van der Waals surface area contributed by atoms with Crippen molar-refractivity contribution in [1.82, 2.24) is 4.90 Å². The summed E-state index contributed by atoms with van der Waals surface area (Å²) in [4.78, 5) is 4.07. The molecule has 1 unspecified atom stereocenters. The number of fused-ring (bicyclic) bond motifs is 2. The Kier molecular flexibility index (Phi) is 4.13. The molecule has 120 valence electrons. The van der Waals surface area contributed by atoms with E-state index in [1.165, 1.54) is 49.9 Å². The summed E-state index contributed by atoms with van der Waals surface area (Å²) in [5, 5.41) is 2.30. The molecular formula is C21H25NS. The van der Waals surface area contributed by atoms with Crippen LogP contribution in [-0.2, 0) is 6.42 Å². The van der Waals surface area contributed by atoms with Crippen molar-refractivity contribution >= 4 is 16.9 Å². The normalized spacial score (nSPS) is 21.7. The molecule has 2 heterocycles. The van der Waals surface area contributed by atoms with Crippen molar-refractivity contribution in [2.75, 3.05) is 20.1 Å². The minimum atomic E-state index is 0.676. The zero-order valence-electron chi connectivity index (χ0n) is 14.1. The number of hydrogen-bond donors (Lipinski definition) is 0. The standard InChI is InChI=1S/C21H25NS/c1-3-15-14-17-6-4-5-7-18(17)20(19-10-13-23-21(15)19)16-8-11-22(2)12-9-16/h4-7,10,13,15H,3,8-9,11-12,14H2,1-2H3. The third-order valence-corrected chi connectivity index (χ3v) is 6.60. The van der Waals surface area contributed by atoms with Crippen LogP contribution in [0.3, 0.4) is 0 Å².